The van der Waals surface area contributed by atoms with Gasteiger partial charge in [-0.25, -0.2) is 26.9 Å². The lowest BCUT2D eigenvalue weighted by Gasteiger charge is -2.50. The smallest absolute Gasteiger partial charge is 0.258 e. The van der Waals surface area contributed by atoms with Gasteiger partial charge < -0.3 is 5.11 Å². The fourth-order valence-electron chi connectivity index (χ4n) is 7.63. The first kappa shape index (κ1) is 31.3. The zero-order chi connectivity index (χ0) is 33.7. The number of carbonyl (C=O) groups is 4. The van der Waals surface area contributed by atoms with Crippen LogP contribution in [0.1, 0.15) is 29.9 Å². The van der Waals surface area contributed by atoms with E-state index in [1.165, 1.54) is 24.3 Å². The Morgan fingerprint density at radius 1 is 0.787 bits per heavy atom. The molecule has 2 heterocycles. The first-order valence-corrected chi connectivity index (χ1v) is 15.2. The van der Waals surface area contributed by atoms with Gasteiger partial charge in [-0.15, -0.1) is 23.2 Å². The van der Waals surface area contributed by atoms with Gasteiger partial charge >= 0.3 is 0 Å². The quantitative estimate of drug-likeness (QED) is 0.0926. The number of aromatic hydroxyl groups is 1. The number of allylic oxidation sites excluding steroid dienone is 2. The zero-order valence-corrected chi connectivity index (χ0v) is 25.3. The average Bonchev–Trinajstić information content (AvgIpc) is 3.37. The molecule has 2 aliphatic carbocycles. The number of fused-ring (bicyclic) bond motifs is 4. The van der Waals surface area contributed by atoms with E-state index in [2.05, 4.69) is 0 Å². The molecule has 4 amide bonds. The summed E-state index contributed by atoms with van der Waals surface area (Å²) in [6.07, 6.45) is 1.01. The molecule has 2 saturated heterocycles. The minimum atomic E-state index is -2.65. The number of nitrogens with zero attached hydrogens (tertiary/aromatic N) is 2. The maximum absolute atomic E-state index is 15.1. The summed E-state index contributed by atoms with van der Waals surface area (Å²) in [4.78, 5) is 51.5. The largest absolute Gasteiger partial charge is 0.508 e. The molecule has 2 aliphatic heterocycles. The minimum Gasteiger partial charge on any atom is -0.508 e. The highest BCUT2D eigenvalue weighted by Gasteiger charge is 2.77. The maximum atomic E-state index is 15.1. The van der Waals surface area contributed by atoms with Crippen LogP contribution in [0.2, 0.25) is 0 Å². The number of halogens is 7. The molecule has 7 rings (SSSR count). The van der Waals surface area contributed by atoms with Crippen LogP contribution in [0.15, 0.2) is 66.2 Å². The van der Waals surface area contributed by atoms with Crippen LogP contribution >= 0.6 is 23.2 Å². The van der Waals surface area contributed by atoms with Gasteiger partial charge in [-0.3, -0.25) is 24.1 Å². The normalized spacial score (nSPS) is 30.0. The third kappa shape index (κ3) is 4.10. The minimum absolute atomic E-state index is 0.0213. The van der Waals surface area contributed by atoms with Crippen LogP contribution in [0.3, 0.4) is 0 Å². The SMILES string of the molecule is O=C1C2CC=C3C(CC4(Cl)C(=O)N(c5c(F)c(F)c(F)c(F)c5F)C(=O)C4(Cl)C3c3cccc(O)c3)C2C(=O)N1Cc1ccccc1. The lowest BCUT2D eigenvalue weighted by atomic mass is 9.56. The number of alkyl halides is 2. The molecule has 6 unspecified atom stereocenters. The molecule has 7 nitrogen and oxygen atoms in total. The lowest BCUT2D eigenvalue weighted by molar-refractivity contribution is -0.141. The Morgan fingerprint density at radius 3 is 2.06 bits per heavy atom. The van der Waals surface area contributed by atoms with Gasteiger partial charge in [0.2, 0.25) is 17.6 Å². The molecule has 47 heavy (non-hydrogen) atoms. The van der Waals surface area contributed by atoms with Gasteiger partial charge in [-0.1, -0.05) is 54.1 Å². The number of likely N-dealkylation sites (tertiary alicyclic amines) is 1. The Labute approximate surface area is 273 Å². The molecule has 3 fully saturated rings. The van der Waals surface area contributed by atoms with Gasteiger partial charge in [-0.05, 0) is 42.0 Å². The Morgan fingerprint density at radius 2 is 1.43 bits per heavy atom. The Balaban J connectivity index is 1.40. The molecule has 14 heteroatoms. The van der Waals surface area contributed by atoms with E-state index in [1.54, 1.807) is 36.4 Å². The van der Waals surface area contributed by atoms with Crippen molar-refractivity contribution in [3.63, 3.8) is 0 Å². The van der Waals surface area contributed by atoms with Crippen molar-refractivity contribution in [3.05, 3.63) is 106 Å². The third-order valence-corrected chi connectivity index (χ3v) is 11.1. The van der Waals surface area contributed by atoms with Crippen molar-refractivity contribution in [2.24, 2.45) is 17.8 Å². The molecule has 1 saturated carbocycles. The molecule has 0 bridgehead atoms. The van der Waals surface area contributed by atoms with Crippen molar-refractivity contribution >= 4 is 52.5 Å². The van der Waals surface area contributed by atoms with Crippen LogP contribution in [0.4, 0.5) is 27.6 Å². The molecular formula is C33H21Cl2F5N2O5. The fourth-order valence-corrected chi connectivity index (χ4v) is 8.57. The average molecular weight is 691 g/mol. The fraction of sp³-hybridized carbons (Fsp3) is 0.273. The summed E-state index contributed by atoms with van der Waals surface area (Å²) in [5.41, 5.74) is -0.772. The molecule has 1 N–H and O–H groups in total. The second kappa shape index (κ2) is 10.6. The van der Waals surface area contributed by atoms with Gasteiger partial charge in [0.1, 0.15) is 11.4 Å². The Hall–Kier alpha value is -4.29. The molecule has 4 aliphatic rings. The van der Waals surface area contributed by atoms with Crippen LogP contribution in [0, 0.1) is 46.8 Å². The first-order chi connectivity index (χ1) is 22.2. The van der Waals surface area contributed by atoms with Crippen LogP contribution in [-0.4, -0.2) is 43.4 Å². The monoisotopic (exact) mass is 690 g/mol. The summed E-state index contributed by atoms with van der Waals surface area (Å²) in [6, 6.07) is 14.1. The summed E-state index contributed by atoms with van der Waals surface area (Å²) in [6.45, 7) is -0.0412. The number of anilines is 1. The standard InChI is InChI=1S/C33H21Cl2F5N2O5/c34-32-12-19-17(9-10-18-20(19)29(45)41(28(18)44)13-14-5-2-1-3-6-14)21(15-7-4-8-16(43)11-15)33(32,35)31(47)42(30(32)46)27-25(39)23(37)22(36)24(38)26(27)40/h1-9,11,18-21,43H,10,12-13H2. The van der Waals surface area contributed by atoms with Crippen molar-refractivity contribution in [1.82, 2.24) is 4.90 Å². The zero-order valence-electron chi connectivity index (χ0n) is 23.8. The summed E-state index contributed by atoms with van der Waals surface area (Å²) >= 11 is 14.1. The molecule has 3 aromatic rings. The number of phenolic OH excluding ortho intramolecular Hbond substituents is 1. The lowest BCUT2D eigenvalue weighted by Crippen LogP contribution is -2.60. The topological polar surface area (TPSA) is 95.0 Å². The Kier molecular flexibility index (Phi) is 7.07. The van der Waals surface area contributed by atoms with E-state index in [0.717, 1.165) is 4.90 Å². The summed E-state index contributed by atoms with van der Waals surface area (Å²) in [7, 11) is 0. The summed E-state index contributed by atoms with van der Waals surface area (Å²) < 4.78 is 72.8. The van der Waals surface area contributed by atoms with Gasteiger partial charge in [0.15, 0.2) is 33.0 Å². The molecule has 0 spiro atoms. The van der Waals surface area contributed by atoms with Crippen molar-refractivity contribution in [3.8, 4) is 5.75 Å². The predicted molar refractivity (Wildman–Crippen MR) is 157 cm³/mol. The molecule has 242 valence electrons. The second-order valence-corrected chi connectivity index (χ2v) is 13.3. The first-order valence-electron chi connectivity index (χ1n) is 14.4. The van der Waals surface area contributed by atoms with Crippen molar-refractivity contribution in [1.29, 1.82) is 0 Å². The molecular weight excluding hydrogens is 670 g/mol. The molecule has 6 atom stereocenters. The number of rotatable bonds is 4. The van der Waals surface area contributed by atoms with Crippen LogP contribution < -0.4 is 4.90 Å². The second-order valence-electron chi connectivity index (χ2n) is 12.0. The van der Waals surface area contributed by atoms with Crippen LogP contribution in [0.25, 0.3) is 0 Å². The highest BCUT2D eigenvalue weighted by atomic mass is 35.5. The number of benzene rings is 3. The summed E-state index contributed by atoms with van der Waals surface area (Å²) in [5.74, 6) is -21.2. The Bertz CT molecular complexity index is 1930. The number of hydrogen-bond donors (Lipinski definition) is 1. The van der Waals surface area contributed by atoms with Crippen LogP contribution in [0.5, 0.6) is 5.75 Å². The van der Waals surface area contributed by atoms with E-state index in [4.69, 9.17) is 23.2 Å². The van der Waals surface area contributed by atoms with Crippen molar-refractivity contribution in [2.75, 3.05) is 4.90 Å². The maximum Gasteiger partial charge on any atom is 0.258 e. The molecule has 3 aromatic carbocycles. The number of imide groups is 2. The predicted octanol–water partition coefficient (Wildman–Crippen LogP) is 5.85. The number of carbonyl (C=O) groups excluding carboxylic acids is 4. The number of phenols is 1. The van der Waals surface area contributed by atoms with E-state index >= 15 is 8.78 Å². The van der Waals surface area contributed by atoms with Crippen molar-refractivity contribution in [2.45, 2.75) is 35.1 Å². The highest BCUT2D eigenvalue weighted by Crippen LogP contribution is 2.66. The van der Waals surface area contributed by atoms with Gasteiger partial charge in [0, 0.05) is 5.92 Å². The van der Waals surface area contributed by atoms with E-state index in [1.807, 2.05) is 0 Å². The highest BCUT2D eigenvalue weighted by molar-refractivity contribution is 6.58. The van der Waals surface area contributed by atoms with E-state index in [-0.39, 0.29) is 29.2 Å². The van der Waals surface area contributed by atoms with E-state index in [9.17, 15) is 37.5 Å². The summed E-state index contributed by atoms with van der Waals surface area (Å²) in [5, 5.41) is 10.4. The molecule has 0 radical (unpaired) electrons. The van der Waals surface area contributed by atoms with Crippen molar-refractivity contribution < 1.29 is 46.2 Å². The van der Waals surface area contributed by atoms with Gasteiger partial charge in [0.05, 0.1) is 18.4 Å². The molecule has 0 aromatic heterocycles. The van der Waals surface area contributed by atoms with Crippen LogP contribution in [-0.2, 0) is 25.7 Å². The van der Waals surface area contributed by atoms with E-state index < -0.39 is 98.2 Å². The van der Waals surface area contributed by atoms with Gasteiger partial charge in [-0.2, -0.15) is 0 Å². The number of hydrogen-bond acceptors (Lipinski definition) is 5. The number of amides is 4. The van der Waals surface area contributed by atoms with Gasteiger partial charge in [0.25, 0.3) is 11.8 Å². The van der Waals surface area contributed by atoms with E-state index in [0.29, 0.717) is 11.1 Å². The third-order valence-electron chi connectivity index (χ3n) is 9.70.